The Hall–Kier alpha value is -3.34. The molecule has 2 N–H and O–H groups in total. The highest BCUT2D eigenvalue weighted by Crippen LogP contribution is 2.24. The summed E-state index contributed by atoms with van der Waals surface area (Å²) in [6.45, 7) is 5.28. The molecule has 0 atom stereocenters. The predicted molar refractivity (Wildman–Crippen MR) is 99.0 cm³/mol. The lowest BCUT2D eigenvalue weighted by atomic mass is 10.2. The Morgan fingerprint density at radius 2 is 1.76 bits per heavy atom. The minimum Gasteiger partial charge on any atom is -0.487 e. The smallest absolute Gasteiger partial charge is 0.272 e. The number of carbonyl (C=O) groups is 2. The van der Waals surface area contributed by atoms with Crippen molar-refractivity contribution in [2.45, 2.75) is 6.92 Å². The molecule has 5 nitrogen and oxygen atoms in total. The fraction of sp³-hybridized carbons (Fsp3) is 0.100. The topological polar surface area (TPSA) is 67.4 Å². The molecular formula is C20H20N2O3. The minimum atomic E-state index is -0.436. The number of nitrogens with one attached hydrogen (secondary N) is 2. The van der Waals surface area contributed by atoms with E-state index in [1.54, 1.807) is 30.4 Å². The van der Waals surface area contributed by atoms with Crippen LogP contribution in [0.25, 0.3) is 6.08 Å². The van der Waals surface area contributed by atoms with E-state index in [1.807, 2.05) is 36.4 Å². The van der Waals surface area contributed by atoms with Gasteiger partial charge in [0, 0.05) is 6.92 Å². The third-order valence-corrected chi connectivity index (χ3v) is 3.16. The zero-order valence-corrected chi connectivity index (χ0v) is 14.0. The van der Waals surface area contributed by atoms with Crippen LogP contribution in [-0.2, 0) is 9.59 Å². The first-order valence-corrected chi connectivity index (χ1v) is 7.78. The number of rotatable bonds is 7. The average molecular weight is 336 g/mol. The van der Waals surface area contributed by atoms with Crippen LogP contribution in [0.1, 0.15) is 12.5 Å². The summed E-state index contributed by atoms with van der Waals surface area (Å²) in [5, 5.41) is 5.33. The summed E-state index contributed by atoms with van der Waals surface area (Å²) in [4.78, 5) is 24.1. The summed E-state index contributed by atoms with van der Waals surface area (Å²) in [5.74, 6) is -0.236. The van der Waals surface area contributed by atoms with Crippen LogP contribution in [0, 0.1) is 0 Å². The van der Waals surface area contributed by atoms with Crippen LogP contribution in [0.3, 0.4) is 0 Å². The van der Waals surface area contributed by atoms with Crippen LogP contribution in [0.2, 0.25) is 0 Å². The van der Waals surface area contributed by atoms with Gasteiger partial charge in [-0.15, -0.1) is 0 Å². The number of para-hydroxylation sites is 2. The highest BCUT2D eigenvalue weighted by Gasteiger charge is 2.14. The number of hydrogen-bond donors (Lipinski definition) is 2. The zero-order chi connectivity index (χ0) is 18.1. The molecule has 5 heteroatoms. The van der Waals surface area contributed by atoms with Crippen molar-refractivity contribution in [2.24, 2.45) is 0 Å². The molecular weight excluding hydrogens is 316 g/mol. The van der Waals surface area contributed by atoms with Gasteiger partial charge in [-0.1, -0.05) is 55.1 Å². The van der Waals surface area contributed by atoms with Crippen molar-refractivity contribution in [3.05, 3.63) is 78.5 Å². The first-order valence-electron chi connectivity index (χ1n) is 7.78. The fourth-order valence-electron chi connectivity index (χ4n) is 2.10. The molecule has 0 unspecified atom stereocenters. The Morgan fingerprint density at radius 1 is 1.08 bits per heavy atom. The molecule has 0 radical (unpaired) electrons. The van der Waals surface area contributed by atoms with E-state index in [2.05, 4.69) is 17.2 Å². The van der Waals surface area contributed by atoms with Crippen LogP contribution in [-0.4, -0.2) is 18.4 Å². The molecule has 0 aliphatic heterocycles. The summed E-state index contributed by atoms with van der Waals surface area (Å²) in [6, 6.07) is 16.3. The van der Waals surface area contributed by atoms with Gasteiger partial charge in [0.25, 0.3) is 5.91 Å². The molecule has 25 heavy (non-hydrogen) atoms. The van der Waals surface area contributed by atoms with Crippen molar-refractivity contribution in [1.29, 1.82) is 0 Å². The van der Waals surface area contributed by atoms with Crippen molar-refractivity contribution in [2.75, 3.05) is 11.9 Å². The van der Waals surface area contributed by atoms with Crippen molar-refractivity contribution < 1.29 is 14.3 Å². The molecule has 0 aliphatic rings. The Bertz CT molecular complexity index is 783. The standard InChI is InChI=1S/C20H20N2O3/c1-3-13-25-19-12-8-7-11-17(19)22-20(24)18(21-15(2)23)14-16-9-5-4-6-10-16/h3-12,14H,1,13H2,2H3,(H,21,23)(H,22,24)/b18-14-. The van der Waals surface area contributed by atoms with Crippen molar-refractivity contribution in [3.8, 4) is 5.75 Å². The summed E-state index contributed by atoms with van der Waals surface area (Å²) in [5.41, 5.74) is 1.47. The van der Waals surface area contributed by atoms with Gasteiger partial charge >= 0.3 is 0 Å². The summed E-state index contributed by atoms with van der Waals surface area (Å²) in [7, 11) is 0. The van der Waals surface area contributed by atoms with E-state index in [9.17, 15) is 9.59 Å². The van der Waals surface area contributed by atoms with Crippen LogP contribution in [0.5, 0.6) is 5.75 Å². The van der Waals surface area contributed by atoms with E-state index in [-0.39, 0.29) is 11.6 Å². The van der Waals surface area contributed by atoms with Gasteiger partial charge in [-0.3, -0.25) is 9.59 Å². The largest absolute Gasteiger partial charge is 0.487 e. The molecule has 128 valence electrons. The third-order valence-electron chi connectivity index (χ3n) is 3.16. The second-order valence-corrected chi connectivity index (χ2v) is 5.20. The maximum absolute atomic E-state index is 12.6. The molecule has 2 amide bonds. The highest BCUT2D eigenvalue weighted by atomic mass is 16.5. The molecule has 0 heterocycles. The number of amides is 2. The van der Waals surface area contributed by atoms with Gasteiger partial charge in [0.05, 0.1) is 5.69 Å². The van der Waals surface area contributed by atoms with Gasteiger partial charge in [0.15, 0.2) is 0 Å². The van der Waals surface area contributed by atoms with E-state index < -0.39 is 5.91 Å². The zero-order valence-electron chi connectivity index (χ0n) is 14.0. The quantitative estimate of drug-likeness (QED) is 0.602. The average Bonchev–Trinajstić information content (AvgIpc) is 2.61. The van der Waals surface area contributed by atoms with E-state index in [0.717, 1.165) is 5.56 Å². The fourth-order valence-corrected chi connectivity index (χ4v) is 2.10. The van der Waals surface area contributed by atoms with E-state index in [1.165, 1.54) is 6.92 Å². The molecule has 0 saturated carbocycles. The molecule has 0 fully saturated rings. The second kappa shape index (κ2) is 9.08. The number of carbonyl (C=O) groups excluding carboxylic acids is 2. The minimum absolute atomic E-state index is 0.150. The van der Waals surface area contributed by atoms with Gasteiger partial charge in [-0.25, -0.2) is 0 Å². The van der Waals surface area contributed by atoms with Crippen molar-refractivity contribution in [1.82, 2.24) is 5.32 Å². The lowest BCUT2D eigenvalue weighted by molar-refractivity contribution is -0.120. The highest BCUT2D eigenvalue weighted by molar-refractivity contribution is 6.09. The molecule has 0 spiro atoms. The maximum atomic E-state index is 12.6. The maximum Gasteiger partial charge on any atom is 0.272 e. The number of anilines is 1. The number of ether oxygens (including phenoxy) is 1. The number of hydrogen-bond acceptors (Lipinski definition) is 3. The third kappa shape index (κ3) is 5.66. The van der Waals surface area contributed by atoms with Gasteiger partial charge in [-0.05, 0) is 23.8 Å². The molecule has 0 bridgehead atoms. The van der Waals surface area contributed by atoms with E-state index in [0.29, 0.717) is 18.0 Å². The lowest BCUT2D eigenvalue weighted by Gasteiger charge is -2.13. The first-order chi connectivity index (χ1) is 12.1. The monoisotopic (exact) mass is 336 g/mol. The van der Waals surface area contributed by atoms with Gasteiger partial charge < -0.3 is 15.4 Å². The van der Waals surface area contributed by atoms with Crippen LogP contribution in [0.4, 0.5) is 5.69 Å². The summed E-state index contributed by atoms with van der Waals surface area (Å²) in [6.07, 6.45) is 3.24. The van der Waals surface area contributed by atoms with E-state index >= 15 is 0 Å². The molecule has 2 aromatic carbocycles. The predicted octanol–water partition coefficient (Wildman–Crippen LogP) is 3.37. The van der Waals surface area contributed by atoms with Gasteiger partial charge in [0.2, 0.25) is 5.91 Å². The van der Waals surface area contributed by atoms with E-state index in [4.69, 9.17) is 4.74 Å². The molecule has 0 aromatic heterocycles. The summed E-state index contributed by atoms with van der Waals surface area (Å²) < 4.78 is 5.53. The Morgan fingerprint density at radius 3 is 2.44 bits per heavy atom. The SMILES string of the molecule is C=CCOc1ccccc1NC(=O)/C(=C/c1ccccc1)NC(C)=O. The molecule has 0 saturated heterocycles. The Labute approximate surface area is 147 Å². The summed E-state index contributed by atoms with van der Waals surface area (Å²) >= 11 is 0. The Kier molecular flexibility index (Phi) is 6.54. The Balaban J connectivity index is 2.24. The molecule has 2 rings (SSSR count). The van der Waals surface area contributed by atoms with Crippen molar-refractivity contribution in [3.63, 3.8) is 0 Å². The molecule has 0 aliphatic carbocycles. The van der Waals surface area contributed by atoms with Gasteiger partial charge in [0.1, 0.15) is 18.1 Å². The molecule has 2 aromatic rings. The lowest BCUT2D eigenvalue weighted by Crippen LogP contribution is -2.29. The van der Waals surface area contributed by atoms with Crippen LogP contribution >= 0.6 is 0 Å². The second-order valence-electron chi connectivity index (χ2n) is 5.20. The van der Waals surface area contributed by atoms with Crippen molar-refractivity contribution >= 4 is 23.6 Å². The first kappa shape index (κ1) is 18.0. The van der Waals surface area contributed by atoms with Crippen LogP contribution < -0.4 is 15.4 Å². The number of benzene rings is 2. The van der Waals surface area contributed by atoms with Gasteiger partial charge in [-0.2, -0.15) is 0 Å². The normalized spacial score (nSPS) is 10.7. The van der Waals surface area contributed by atoms with Crippen LogP contribution in [0.15, 0.2) is 72.9 Å².